The third-order valence-corrected chi connectivity index (χ3v) is 2.45. The summed E-state index contributed by atoms with van der Waals surface area (Å²) in [5.74, 6) is 0. The highest BCUT2D eigenvalue weighted by Crippen LogP contribution is 2.21. The number of rotatable bonds is 2. The molecule has 0 heteroatoms. The number of benzene rings is 2. The second-order valence-corrected chi connectivity index (χ2v) is 3.63. The van der Waals surface area contributed by atoms with Crippen molar-refractivity contribution in [3.8, 4) is 11.1 Å². The SMILES string of the molecule is [CH]=C(C)c1ccc(-c2ccccc2)cc1. The fourth-order valence-corrected chi connectivity index (χ4v) is 1.56. The zero-order chi connectivity index (χ0) is 10.7. The van der Waals surface area contributed by atoms with E-state index < -0.39 is 0 Å². The van der Waals surface area contributed by atoms with Gasteiger partial charge in [-0.1, -0.05) is 61.2 Å². The van der Waals surface area contributed by atoms with E-state index in [1.165, 1.54) is 11.1 Å². The summed E-state index contributed by atoms with van der Waals surface area (Å²) in [5.41, 5.74) is 4.41. The second kappa shape index (κ2) is 4.14. The van der Waals surface area contributed by atoms with Crippen LogP contribution in [-0.2, 0) is 0 Å². The van der Waals surface area contributed by atoms with Gasteiger partial charge >= 0.3 is 0 Å². The minimum atomic E-state index is 0.856. The summed E-state index contributed by atoms with van der Waals surface area (Å²) < 4.78 is 0. The van der Waals surface area contributed by atoms with Gasteiger partial charge in [0, 0.05) is 0 Å². The van der Waals surface area contributed by atoms with Crippen LogP contribution in [0.2, 0.25) is 0 Å². The van der Waals surface area contributed by atoms with Gasteiger partial charge in [-0.2, -0.15) is 0 Å². The maximum Gasteiger partial charge on any atom is -0.0184 e. The Morgan fingerprint density at radius 1 is 0.800 bits per heavy atom. The lowest BCUT2D eigenvalue weighted by atomic mass is 10.0. The molecular formula is C15H13. The van der Waals surface area contributed by atoms with Crippen LogP contribution >= 0.6 is 0 Å². The van der Waals surface area contributed by atoms with Gasteiger partial charge in [-0.15, -0.1) is 0 Å². The molecule has 0 aliphatic rings. The number of hydrogen-bond acceptors (Lipinski definition) is 0. The molecule has 73 valence electrons. The molecule has 0 fully saturated rings. The van der Waals surface area contributed by atoms with Crippen LogP contribution in [0.5, 0.6) is 0 Å². The van der Waals surface area contributed by atoms with E-state index in [2.05, 4.69) is 36.4 Å². The Kier molecular flexibility index (Phi) is 2.68. The predicted molar refractivity (Wildman–Crippen MR) is 65.3 cm³/mol. The van der Waals surface area contributed by atoms with Crippen molar-refractivity contribution in [3.05, 3.63) is 66.7 Å². The molecule has 2 aromatic carbocycles. The van der Waals surface area contributed by atoms with Crippen LogP contribution < -0.4 is 0 Å². The average Bonchev–Trinajstić information content (AvgIpc) is 2.30. The molecule has 2 rings (SSSR count). The van der Waals surface area contributed by atoms with Gasteiger partial charge in [0.05, 0.1) is 0 Å². The van der Waals surface area contributed by atoms with E-state index in [9.17, 15) is 0 Å². The normalized spacial score (nSPS) is 9.93. The van der Waals surface area contributed by atoms with E-state index in [0.29, 0.717) is 0 Å². The molecule has 0 amide bonds. The van der Waals surface area contributed by atoms with Gasteiger partial charge in [0.15, 0.2) is 0 Å². The Labute approximate surface area is 90.9 Å². The third-order valence-electron chi connectivity index (χ3n) is 2.45. The van der Waals surface area contributed by atoms with Crippen molar-refractivity contribution in [1.82, 2.24) is 0 Å². The Morgan fingerprint density at radius 3 is 1.87 bits per heavy atom. The molecule has 0 aromatic heterocycles. The first kappa shape index (κ1) is 9.72. The second-order valence-electron chi connectivity index (χ2n) is 3.63. The molecule has 0 heterocycles. The molecule has 0 saturated heterocycles. The fourth-order valence-electron chi connectivity index (χ4n) is 1.56. The first-order valence-corrected chi connectivity index (χ1v) is 5.02. The molecule has 1 radical (unpaired) electrons. The van der Waals surface area contributed by atoms with Crippen LogP contribution in [0.25, 0.3) is 16.7 Å². The minimum Gasteiger partial charge on any atom is -0.0622 e. The monoisotopic (exact) mass is 193 g/mol. The van der Waals surface area contributed by atoms with Crippen molar-refractivity contribution in [2.75, 3.05) is 0 Å². The van der Waals surface area contributed by atoms with Crippen molar-refractivity contribution < 1.29 is 0 Å². The molecule has 0 atom stereocenters. The molecule has 0 saturated carbocycles. The zero-order valence-corrected chi connectivity index (χ0v) is 8.77. The highest BCUT2D eigenvalue weighted by atomic mass is 14.0. The lowest BCUT2D eigenvalue weighted by molar-refractivity contribution is 1.55. The summed E-state index contributed by atoms with van der Waals surface area (Å²) in [5, 5.41) is 0. The predicted octanol–water partition coefficient (Wildman–Crippen LogP) is 4.19. The number of hydrogen-bond donors (Lipinski definition) is 0. The molecule has 0 nitrogen and oxygen atoms in total. The summed E-state index contributed by atoms with van der Waals surface area (Å²) >= 11 is 0. The lowest BCUT2D eigenvalue weighted by Gasteiger charge is -2.03. The van der Waals surface area contributed by atoms with E-state index in [4.69, 9.17) is 6.58 Å². The molecular weight excluding hydrogens is 180 g/mol. The van der Waals surface area contributed by atoms with Crippen LogP contribution in [0.1, 0.15) is 12.5 Å². The fraction of sp³-hybridized carbons (Fsp3) is 0.0667. The van der Waals surface area contributed by atoms with Crippen LogP contribution in [0.4, 0.5) is 0 Å². The highest BCUT2D eigenvalue weighted by Gasteiger charge is 1.97. The Morgan fingerprint density at radius 2 is 1.33 bits per heavy atom. The van der Waals surface area contributed by atoms with E-state index in [0.717, 1.165) is 11.1 Å². The van der Waals surface area contributed by atoms with E-state index in [1.54, 1.807) is 0 Å². The van der Waals surface area contributed by atoms with E-state index >= 15 is 0 Å². The van der Waals surface area contributed by atoms with Gasteiger partial charge in [0.2, 0.25) is 0 Å². The van der Waals surface area contributed by atoms with Gasteiger partial charge in [-0.3, -0.25) is 0 Å². The smallest absolute Gasteiger partial charge is 0.0184 e. The van der Waals surface area contributed by atoms with Crippen LogP contribution in [0.15, 0.2) is 54.6 Å². The molecule has 0 bridgehead atoms. The summed E-state index contributed by atoms with van der Waals surface area (Å²) in [7, 11) is 0. The summed E-state index contributed by atoms with van der Waals surface area (Å²) in [6.07, 6.45) is 0. The third kappa shape index (κ3) is 2.16. The molecule has 0 spiro atoms. The summed E-state index contributed by atoms with van der Waals surface area (Å²) in [6.45, 7) is 7.63. The maximum atomic E-state index is 5.72. The minimum absolute atomic E-state index is 0.856. The van der Waals surface area contributed by atoms with Gasteiger partial charge in [0.1, 0.15) is 0 Å². The standard InChI is InChI=1S/C15H13/c1-12(2)13-8-10-15(11-9-13)14-6-4-3-5-7-14/h1,3-11H,2H3. The van der Waals surface area contributed by atoms with Crippen LogP contribution in [0, 0.1) is 6.58 Å². The van der Waals surface area contributed by atoms with Crippen LogP contribution in [0.3, 0.4) is 0 Å². The van der Waals surface area contributed by atoms with Crippen molar-refractivity contribution in [2.45, 2.75) is 6.92 Å². The molecule has 0 unspecified atom stereocenters. The van der Waals surface area contributed by atoms with Gasteiger partial charge in [-0.25, -0.2) is 0 Å². The lowest BCUT2D eigenvalue weighted by Crippen LogP contribution is -1.80. The first-order chi connectivity index (χ1) is 7.27. The van der Waals surface area contributed by atoms with Crippen molar-refractivity contribution >= 4 is 5.57 Å². The molecule has 0 aliphatic heterocycles. The van der Waals surface area contributed by atoms with Crippen LogP contribution in [-0.4, -0.2) is 0 Å². The Hall–Kier alpha value is -1.82. The quantitative estimate of drug-likeness (QED) is 0.670. The van der Waals surface area contributed by atoms with Gasteiger partial charge < -0.3 is 0 Å². The molecule has 0 N–H and O–H groups in total. The highest BCUT2D eigenvalue weighted by molar-refractivity contribution is 5.67. The largest absolute Gasteiger partial charge is 0.0622 e. The van der Waals surface area contributed by atoms with Crippen molar-refractivity contribution in [3.63, 3.8) is 0 Å². The summed E-state index contributed by atoms with van der Waals surface area (Å²) in [6, 6.07) is 18.6. The first-order valence-electron chi connectivity index (χ1n) is 5.02. The Bertz CT molecular complexity index is 449. The van der Waals surface area contributed by atoms with E-state index in [1.807, 2.05) is 25.1 Å². The molecule has 2 aromatic rings. The maximum absolute atomic E-state index is 5.72. The van der Waals surface area contributed by atoms with Gasteiger partial charge in [-0.05, 0) is 29.2 Å². The average molecular weight is 193 g/mol. The van der Waals surface area contributed by atoms with Crippen molar-refractivity contribution in [2.24, 2.45) is 0 Å². The van der Waals surface area contributed by atoms with Crippen molar-refractivity contribution in [1.29, 1.82) is 0 Å². The van der Waals surface area contributed by atoms with E-state index in [-0.39, 0.29) is 0 Å². The molecule has 15 heavy (non-hydrogen) atoms. The summed E-state index contributed by atoms with van der Waals surface area (Å²) in [4.78, 5) is 0. The Balaban J connectivity index is 2.36. The molecule has 0 aliphatic carbocycles. The topological polar surface area (TPSA) is 0 Å². The zero-order valence-electron chi connectivity index (χ0n) is 8.77. The number of allylic oxidation sites excluding steroid dienone is 1. The van der Waals surface area contributed by atoms with Gasteiger partial charge in [0.25, 0.3) is 0 Å².